The van der Waals surface area contributed by atoms with Crippen LogP contribution in [-0.4, -0.2) is 67.2 Å². The lowest BCUT2D eigenvalue weighted by Gasteiger charge is -2.26. The molecule has 4 aliphatic rings. The van der Waals surface area contributed by atoms with Crippen molar-refractivity contribution < 1.29 is 22.8 Å². The third-order valence-corrected chi connectivity index (χ3v) is 9.35. The molecule has 3 heterocycles. The molecule has 1 N–H and O–H groups in total. The fourth-order valence-electron chi connectivity index (χ4n) is 5.59. The molecule has 33 heavy (non-hydrogen) atoms. The number of imide groups is 1. The van der Waals surface area contributed by atoms with Crippen molar-refractivity contribution in [3.8, 4) is 0 Å². The van der Waals surface area contributed by atoms with Crippen molar-refractivity contribution in [1.82, 2.24) is 14.5 Å². The van der Waals surface area contributed by atoms with E-state index < -0.39 is 21.6 Å². The normalized spacial score (nSPS) is 22.8. The predicted octanol–water partition coefficient (Wildman–Crippen LogP) is 2.00. The van der Waals surface area contributed by atoms with E-state index in [2.05, 4.69) is 5.32 Å². The third-order valence-electron chi connectivity index (χ3n) is 7.45. The van der Waals surface area contributed by atoms with Crippen molar-refractivity contribution in [2.24, 2.45) is 0 Å². The molecule has 1 aromatic carbocycles. The first kappa shape index (κ1) is 22.3. The van der Waals surface area contributed by atoms with Gasteiger partial charge in [0.25, 0.3) is 5.91 Å². The van der Waals surface area contributed by atoms with Crippen molar-refractivity contribution in [3.05, 3.63) is 23.8 Å². The number of nitrogens with one attached hydrogen (secondary N) is 1. The number of sulfonamides is 1. The van der Waals surface area contributed by atoms with Gasteiger partial charge in [-0.1, -0.05) is 19.3 Å². The summed E-state index contributed by atoms with van der Waals surface area (Å²) in [4.78, 5) is 41.2. The summed E-state index contributed by atoms with van der Waals surface area (Å²) < 4.78 is 27.5. The van der Waals surface area contributed by atoms with Gasteiger partial charge in [-0.15, -0.1) is 0 Å². The maximum atomic E-state index is 13.0. The molecule has 1 spiro atoms. The zero-order valence-electron chi connectivity index (χ0n) is 18.7. The topological polar surface area (TPSA) is 107 Å². The van der Waals surface area contributed by atoms with Crippen LogP contribution in [0.1, 0.15) is 56.9 Å². The minimum atomic E-state index is -3.52. The second kappa shape index (κ2) is 8.39. The quantitative estimate of drug-likeness (QED) is 0.657. The summed E-state index contributed by atoms with van der Waals surface area (Å²) in [5.74, 6) is -0.388. The van der Waals surface area contributed by atoms with Gasteiger partial charge in [0.2, 0.25) is 15.9 Å². The van der Waals surface area contributed by atoms with Crippen LogP contribution in [0.25, 0.3) is 0 Å². The molecular formula is C23H30N4O5S. The molecule has 0 bridgehead atoms. The van der Waals surface area contributed by atoms with Crippen LogP contribution in [-0.2, 0) is 26.0 Å². The third kappa shape index (κ3) is 3.82. The van der Waals surface area contributed by atoms with E-state index in [9.17, 15) is 22.8 Å². The monoisotopic (exact) mass is 474 g/mol. The van der Waals surface area contributed by atoms with E-state index in [1.165, 1.54) is 4.90 Å². The molecule has 0 unspecified atom stereocenters. The van der Waals surface area contributed by atoms with E-state index in [0.29, 0.717) is 44.6 Å². The smallest absolute Gasteiger partial charge is 0.323 e. The van der Waals surface area contributed by atoms with Crippen LogP contribution in [0, 0.1) is 0 Å². The van der Waals surface area contributed by atoms with Crippen molar-refractivity contribution in [2.75, 3.05) is 31.1 Å². The lowest BCUT2D eigenvalue weighted by Crippen LogP contribution is -2.44. The van der Waals surface area contributed by atoms with E-state index in [4.69, 9.17) is 0 Å². The number of benzene rings is 1. The summed E-state index contributed by atoms with van der Waals surface area (Å²) in [5, 5.41) is 2.84. The SMILES string of the molecule is O=C1NC2(CCCC2)C(=O)N1CCC(=O)N1CCc2cc(S(=O)(=O)N3CCCCC3)ccc21. The molecule has 3 fully saturated rings. The average molecular weight is 475 g/mol. The Labute approximate surface area is 194 Å². The summed E-state index contributed by atoms with van der Waals surface area (Å²) in [6, 6.07) is 4.56. The highest BCUT2D eigenvalue weighted by Crippen LogP contribution is 2.36. The number of anilines is 1. The van der Waals surface area contributed by atoms with E-state index in [1.807, 2.05) is 0 Å². The van der Waals surface area contributed by atoms with Gasteiger partial charge in [0.1, 0.15) is 5.54 Å². The molecule has 0 aromatic heterocycles. The number of rotatable bonds is 5. The lowest BCUT2D eigenvalue weighted by molar-refractivity contribution is -0.131. The Morgan fingerprint density at radius 1 is 1.00 bits per heavy atom. The zero-order valence-corrected chi connectivity index (χ0v) is 19.5. The number of urea groups is 1. The number of piperidine rings is 1. The van der Waals surface area contributed by atoms with Crippen molar-refractivity contribution >= 4 is 33.6 Å². The average Bonchev–Trinajstić information content (AvgIpc) is 3.51. The summed E-state index contributed by atoms with van der Waals surface area (Å²) in [7, 11) is -3.52. The molecule has 3 aliphatic heterocycles. The van der Waals surface area contributed by atoms with Crippen LogP contribution < -0.4 is 10.2 Å². The Hall–Kier alpha value is -2.46. The highest BCUT2D eigenvalue weighted by atomic mass is 32.2. The van der Waals surface area contributed by atoms with Gasteiger partial charge in [0.15, 0.2) is 0 Å². The second-order valence-electron chi connectivity index (χ2n) is 9.48. The van der Waals surface area contributed by atoms with E-state index in [-0.39, 0.29) is 29.7 Å². The number of carbonyl (C=O) groups is 3. The molecule has 178 valence electrons. The largest absolute Gasteiger partial charge is 0.325 e. The molecule has 1 saturated carbocycles. The number of hydrogen-bond donors (Lipinski definition) is 1. The fourth-order valence-corrected chi connectivity index (χ4v) is 7.16. The van der Waals surface area contributed by atoms with Gasteiger partial charge in [-0.25, -0.2) is 13.2 Å². The summed E-state index contributed by atoms with van der Waals surface area (Å²) >= 11 is 0. The zero-order chi connectivity index (χ0) is 23.2. The second-order valence-corrected chi connectivity index (χ2v) is 11.4. The van der Waals surface area contributed by atoms with Gasteiger partial charge in [-0.3, -0.25) is 14.5 Å². The van der Waals surface area contributed by atoms with Crippen LogP contribution in [0.4, 0.5) is 10.5 Å². The van der Waals surface area contributed by atoms with Crippen molar-refractivity contribution in [3.63, 3.8) is 0 Å². The molecular weight excluding hydrogens is 444 g/mol. The van der Waals surface area contributed by atoms with Crippen LogP contribution in [0.5, 0.6) is 0 Å². The summed E-state index contributed by atoms with van der Waals surface area (Å²) in [6.45, 7) is 1.62. The molecule has 4 amide bonds. The van der Waals surface area contributed by atoms with Gasteiger partial charge in [0, 0.05) is 38.3 Å². The first-order valence-corrected chi connectivity index (χ1v) is 13.3. The van der Waals surface area contributed by atoms with E-state index >= 15 is 0 Å². The molecule has 9 nitrogen and oxygen atoms in total. The minimum Gasteiger partial charge on any atom is -0.323 e. The molecule has 2 saturated heterocycles. The van der Waals surface area contributed by atoms with Gasteiger partial charge in [0.05, 0.1) is 4.90 Å². The Kier molecular flexibility index (Phi) is 5.68. The van der Waals surface area contributed by atoms with Crippen molar-refractivity contribution in [2.45, 2.75) is 68.2 Å². The Balaban J connectivity index is 1.25. The minimum absolute atomic E-state index is 0.0442. The Morgan fingerprint density at radius 2 is 1.73 bits per heavy atom. The standard InChI is InChI=1S/C23H30N4O5S/c28-20(9-15-27-21(29)23(24-22(27)30)10-2-3-11-23)26-14-8-17-16-18(6-7-19(17)26)33(31,32)25-12-4-1-5-13-25/h6-7,16H,1-5,8-15H2,(H,24,30). The number of carbonyl (C=O) groups excluding carboxylic acids is 3. The molecule has 1 aliphatic carbocycles. The Morgan fingerprint density at radius 3 is 2.45 bits per heavy atom. The maximum absolute atomic E-state index is 13.0. The summed E-state index contributed by atoms with van der Waals surface area (Å²) in [5.41, 5.74) is 0.778. The molecule has 0 atom stereocenters. The van der Waals surface area contributed by atoms with Gasteiger partial charge >= 0.3 is 6.03 Å². The predicted molar refractivity (Wildman–Crippen MR) is 121 cm³/mol. The van der Waals surface area contributed by atoms with Gasteiger partial charge < -0.3 is 10.2 Å². The number of amides is 4. The highest BCUT2D eigenvalue weighted by molar-refractivity contribution is 7.89. The van der Waals surface area contributed by atoms with Crippen LogP contribution >= 0.6 is 0 Å². The van der Waals surface area contributed by atoms with E-state index in [0.717, 1.165) is 37.7 Å². The fraction of sp³-hybridized carbons (Fsp3) is 0.609. The van der Waals surface area contributed by atoms with Gasteiger partial charge in [-0.05, 0) is 55.9 Å². The first-order chi connectivity index (χ1) is 15.8. The molecule has 0 radical (unpaired) electrons. The summed E-state index contributed by atoms with van der Waals surface area (Å²) in [6.07, 6.45) is 6.58. The van der Waals surface area contributed by atoms with Crippen LogP contribution in [0.15, 0.2) is 23.1 Å². The number of hydrogen-bond acceptors (Lipinski definition) is 5. The molecule has 10 heteroatoms. The number of nitrogens with zero attached hydrogens (tertiary/aromatic N) is 3. The van der Waals surface area contributed by atoms with Gasteiger partial charge in [-0.2, -0.15) is 4.31 Å². The molecule has 5 rings (SSSR count). The molecule has 1 aromatic rings. The lowest BCUT2D eigenvalue weighted by atomic mass is 9.98. The highest BCUT2D eigenvalue weighted by Gasteiger charge is 2.52. The maximum Gasteiger partial charge on any atom is 0.325 e. The van der Waals surface area contributed by atoms with Crippen LogP contribution in [0.3, 0.4) is 0 Å². The Bertz CT molecular complexity index is 1090. The first-order valence-electron chi connectivity index (χ1n) is 11.9. The number of fused-ring (bicyclic) bond motifs is 1. The van der Waals surface area contributed by atoms with Crippen molar-refractivity contribution in [1.29, 1.82) is 0 Å². The van der Waals surface area contributed by atoms with Crippen LogP contribution in [0.2, 0.25) is 0 Å². The van der Waals surface area contributed by atoms with E-state index in [1.54, 1.807) is 27.4 Å².